The first-order valence-electron chi connectivity index (χ1n) is 12.8. The number of anilines is 4. The van der Waals surface area contributed by atoms with E-state index in [1.165, 1.54) is 10.8 Å². The van der Waals surface area contributed by atoms with Gasteiger partial charge in [-0.1, -0.05) is 0 Å². The van der Waals surface area contributed by atoms with Gasteiger partial charge < -0.3 is 25.6 Å². The molecule has 0 atom stereocenters. The van der Waals surface area contributed by atoms with Gasteiger partial charge in [0.15, 0.2) is 5.65 Å². The average Bonchev–Trinajstić information content (AvgIpc) is 3.36. The van der Waals surface area contributed by atoms with E-state index in [9.17, 15) is 9.59 Å². The van der Waals surface area contributed by atoms with Gasteiger partial charge >= 0.3 is 0 Å². The highest BCUT2D eigenvalue weighted by Gasteiger charge is 2.23. The Kier molecular flexibility index (Phi) is 6.38. The van der Waals surface area contributed by atoms with Crippen LogP contribution in [0.5, 0.6) is 0 Å². The number of carbonyl (C=O) groups excluding carboxylic acids is 1. The lowest BCUT2D eigenvalue weighted by Crippen LogP contribution is -2.39. The molecule has 1 aliphatic heterocycles. The first kappa shape index (κ1) is 23.9. The van der Waals surface area contributed by atoms with Crippen LogP contribution in [0.1, 0.15) is 29.6 Å². The molecule has 0 spiro atoms. The third-order valence-electron chi connectivity index (χ3n) is 6.98. The van der Waals surface area contributed by atoms with Crippen molar-refractivity contribution in [3.05, 3.63) is 64.8 Å². The summed E-state index contributed by atoms with van der Waals surface area (Å²) in [6, 6.07) is 9.19. The molecular weight excluding hydrogens is 486 g/mol. The van der Waals surface area contributed by atoms with Crippen molar-refractivity contribution in [1.82, 2.24) is 29.5 Å². The lowest BCUT2D eigenvalue weighted by Gasteiger charge is -2.28. The number of rotatable bonds is 7. The SMILES string of the molecule is CNc1cc(Nc2cccn(-c3ccc(N4CCOCC4)cn3)c2=O)nc2c(C(=O)NC3CCC3)cnn12. The topological polar surface area (TPSA) is 131 Å². The van der Waals surface area contributed by atoms with Crippen LogP contribution >= 0.6 is 0 Å². The molecule has 12 heteroatoms. The zero-order chi connectivity index (χ0) is 26.1. The Balaban J connectivity index is 1.28. The van der Waals surface area contributed by atoms with Crippen LogP contribution in [0.3, 0.4) is 0 Å². The Morgan fingerprint density at radius 2 is 1.97 bits per heavy atom. The van der Waals surface area contributed by atoms with Crippen molar-refractivity contribution >= 4 is 34.6 Å². The van der Waals surface area contributed by atoms with E-state index in [0.717, 1.165) is 38.0 Å². The molecule has 196 valence electrons. The number of pyridine rings is 2. The number of fused-ring (bicyclic) bond motifs is 1. The second-order valence-corrected chi connectivity index (χ2v) is 9.37. The predicted octanol–water partition coefficient (Wildman–Crippen LogP) is 2.18. The zero-order valence-corrected chi connectivity index (χ0v) is 21.1. The third kappa shape index (κ3) is 4.54. The van der Waals surface area contributed by atoms with E-state index in [4.69, 9.17) is 4.74 Å². The zero-order valence-electron chi connectivity index (χ0n) is 21.1. The maximum atomic E-state index is 13.4. The summed E-state index contributed by atoms with van der Waals surface area (Å²) in [7, 11) is 1.76. The van der Waals surface area contributed by atoms with E-state index in [1.54, 1.807) is 42.2 Å². The van der Waals surface area contributed by atoms with Gasteiger partial charge in [0.05, 0.1) is 31.3 Å². The molecule has 12 nitrogen and oxygen atoms in total. The lowest BCUT2D eigenvalue weighted by atomic mass is 9.93. The number of nitrogens with zero attached hydrogens (tertiary/aromatic N) is 6. The van der Waals surface area contributed by atoms with Gasteiger partial charge in [-0.3, -0.25) is 14.2 Å². The number of carbonyl (C=O) groups is 1. The molecule has 0 radical (unpaired) electrons. The van der Waals surface area contributed by atoms with Crippen molar-refractivity contribution in [2.24, 2.45) is 0 Å². The highest BCUT2D eigenvalue weighted by atomic mass is 16.5. The molecule has 1 amide bonds. The van der Waals surface area contributed by atoms with Gasteiger partial charge in [-0.2, -0.15) is 9.61 Å². The van der Waals surface area contributed by atoms with Crippen LogP contribution in [-0.2, 0) is 4.74 Å². The van der Waals surface area contributed by atoms with Gasteiger partial charge in [0.2, 0.25) is 0 Å². The molecule has 1 saturated heterocycles. The van der Waals surface area contributed by atoms with Gasteiger partial charge in [0.25, 0.3) is 11.5 Å². The lowest BCUT2D eigenvalue weighted by molar-refractivity contribution is 0.0918. The highest BCUT2D eigenvalue weighted by molar-refractivity contribution is 6.00. The summed E-state index contributed by atoms with van der Waals surface area (Å²) in [4.78, 5) is 37.6. The summed E-state index contributed by atoms with van der Waals surface area (Å²) in [5.41, 5.74) is 1.82. The fourth-order valence-corrected chi connectivity index (χ4v) is 4.62. The molecule has 0 aromatic carbocycles. The van der Waals surface area contributed by atoms with Crippen LogP contribution in [0, 0.1) is 0 Å². The number of hydrogen-bond acceptors (Lipinski definition) is 9. The van der Waals surface area contributed by atoms with Crippen LogP contribution in [0.4, 0.5) is 23.0 Å². The Bertz CT molecular complexity index is 1520. The predicted molar refractivity (Wildman–Crippen MR) is 144 cm³/mol. The molecule has 4 aromatic heterocycles. The van der Waals surface area contributed by atoms with Crippen molar-refractivity contribution in [3.63, 3.8) is 0 Å². The summed E-state index contributed by atoms with van der Waals surface area (Å²) >= 11 is 0. The number of amides is 1. The minimum Gasteiger partial charge on any atom is -0.378 e. The fourth-order valence-electron chi connectivity index (χ4n) is 4.62. The summed E-state index contributed by atoms with van der Waals surface area (Å²) in [5, 5.41) is 13.6. The Morgan fingerprint density at radius 1 is 1.13 bits per heavy atom. The minimum absolute atomic E-state index is 0.196. The number of nitrogens with one attached hydrogen (secondary N) is 3. The van der Waals surface area contributed by atoms with Crippen molar-refractivity contribution in [2.75, 3.05) is 48.9 Å². The number of aromatic nitrogens is 5. The quantitative estimate of drug-likeness (QED) is 0.339. The maximum absolute atomic E-state index is 13.4. The summed E-state index contributed by atoms with van der Waals surface area (Å²) < 4.78 is 8.48. The molecule has 2 aliphatic rings. The molecular formula is C26H29N9O3. The van der Waals surface area contributed by atoms with Crippen LogP contribution in [0.15, 0.2) is 53.7 Å². The summed E-state index contributed by atoms with van der Waals surface area (Å²) in [6.07, 6.45) is 8.06. The standard InChI is InChI=1S/C26H29N9O3/c1-27-23-14-21(32-24-19(16-29-35(23)24)25(36)30-17-4-2-5-17)31-20-6-3-9-34(26(20)37)22-8-7-18(15-28-22)33-10-12-38-13-11-33/h3,6-9,14-17,27H,2,4-5,10-13H2,1H3,(H,30,36)(H,31,32). The van der Waals surface area contributed by atoms with E-state index in [-0.39, 0.29) is 17.5 Å². The van der Waals surface area contributed by atoms with E-state index < -0.39 is 0 Å². The molecule has 3 N–H and O–H groups in total. The fraction of sp³-hybridized carbons (Fsp3) is 0.346. The smallest absolute Gasteiger partial charge is 0.279 e. The van der Waals surface area contributed by atoms with Crippen LogP contribution in [0.25, 0.3) is 11.5 Å². The number of morpholine rings is 1. The molecule has 38 heavy (non-hydrogen) atoms. The Morgan fingerprint density at radius 3 is 2.68 bits per heavy atom. The average molecular weight is 516 g/mol. The minimum atomic E-state index is -0.275. The van der Waals surface area contributed by atoms with Gasteiger partial charge in [-0.25, -0.2) is 9.97 Å². The van der Waals surface area contributed by atoms with Crippen molar-refractivity contribution in [3.8, 4) is 5.82 Å². The summed E-state index contributed by atoms with van der Waals surface area (Å²) in [6.45, 7) is 3.01. The first-order valence-corrected chi connectivity index (χ1v) is 12.8. The van der Waals surface area contributed by atoms with Crippen LogP contribution in [0.2, 0.25) is 0 Å². The normalized spacial score (nSPS) is 15.8. The van der Waals surface area contributed by atoms with Crippen LogP contribution < -0.4 is 26.4 Å². The second-order valence-electron chi connectivity index (χ2n) is 9.37. The second kappa shape index (κ2) is 10.1. The van der Waals surface area contributed by atoms with E-state index in [1.807, 2.05) is 12.1 Å². The monoisotopic (exact) mass is 515 g/mol. The summed E-state index contributed by atoms with van der Waals surface area (Å²) in [5.74, 6) is 1.34. The molecule has 1 aliphatic carbocycles. The van der Waals surface area contributed by atoms with Crippen molar-refractivity contribution in [2.45, 2.75) is 25.3 Å². The maximum Gasteiger partial charge on any atom is 0.279 e. The Labute approximate surface area is 218 Å². The first-order chi connectivity index (χ1) is 18.6. The molecule has 6 rings (SSSR count). The van der Waals surface area contributed by atoms with Gasteiger partial charge in [-0.15, -0.1) is 0 Å². The van der Waals surface area contributed by atoms with E-state index >= 15 is 0 Å². The van der Waals surface area contributed by atoms with E-state index in [0.29, 0.717) is 47.6 Å². The molecule has 0 unspecified atom stereocenters. The van der Waals surface area contributed by atoms with Crippen LogP contribution in [-0.4, -0.2) is 69.4 Å². The molecule has 5 heterocycles. The molecule has 4 aromatic rings. The van der Waals surface area contributed by atoms with Crippen molar-refractivity contribution in [1.29, 1.82) is 0 Å². The third-order valence-corrected chi connectivity index (χ3v) is 6.98. The van der Waals surface area contributed by atoms with Gasteiger partial charge in [-0.05, 0) is 43.5 Å². The Hall–Kier alpha value is -4.45. The molecule has 0 bridgehead atoms. The molecule has 1 saturated carbocycles. The van der Waals surface area contributed by atoms with Gasteiger partial charge in [0, 0.05) is 38.4 Å². The molecule has 2 fully saturated rings. The van der Waals surface area contributed by atoms with Gasteiger partial charge in [0.1, 0.15) is 28.7 Å². The number of hydrogen-bond donors (Lipinski definition) is 3. The highest BCUT2D eigenvalue weighted by Crippen LogP contribution is 2.23. The van der Waals surface area contributed by atoms with E-state index in [2.05, 4.69) is 35.9 Å². The van der Waals surface area contributed by atoms with Crippen molar-refractivity contribution < 1.29 is 9.53 Å². The largest absolute Gasteiger partial charge is 0.378 e. The number of ether oxygens (including phenoxy) is 1.